The molecule has 1 aromatic rings. The van der Waals surface area contributed by atoms with Crippen LogP contribution in [0.2, 0.25) is 0 Å². The number of thioether (sulfide) groups is 1. The molecule has 0 atom stereocenters. The van der Waals surface area contributed by atoms with Gasteiger partial charge in [0.1, 0.15) is 0 Å². The summed E-state index contributed by atoms with van der Waals surface area (Å²) in [6.45, 7) is 2.02. The van der Waals surface area contributed by atoms with Gasteiger partial charge in [0.05, 0.1) is 5.75 Å². The van der Waals surface area contributed by atoms with Crippen molar-refractivity contribution in [1.29, 1.82) is 0 Å². The summed E-state index contributed by atoms with van der Waals surface area (Å²) in [6, 6.07) is 7.99. The molecule has 64 valence electrons. The number of carbonyl (C=O) groups excluding carboxylic acids is 1. The van der Waals surface area contributed by atoms with Gasteiger partial charge in [-0.25, -0.2) is 0 Å². The van der Waals surface area contributed by atoms with Crippen LogP contribution in [-0.4, -0.2) is 11.0 Å². The van der Waals surface area contributed by atoms with Crippen LogP contribution in [0.5, 0.6) is 0 Å². The lowest BCUT2D eigenvalue weighted by molar-refractivity contribution is -0.109. The molecule has 0 N–H and O–H groups in total. The summed E-state index contributed by atoms with van der Waals surface area (Å²) in [4.78, 5) is 11.5. The molecule has 0 aromatic heterocycles. The average molecular weight is 201 g/mol. The van der Waals surface area contributed by atoms with Crippen molar-refractivity contribution in [1.82, 2.24) is 0 Å². The summed E-state index contributed by atoms with van der Waals surface area (Å²) in [6.07, 6.45) is 0. The first-order chi connectivity index (χ1) is 5.68. The van der Waals surface area contributed by atoms with Crippen LogP contribution in [0.15, 0.2) is 29.2 Å². The Bertz CT molecular complexity index is 286. The van der Waals surface area contributed by atoms with Crippen molar-refractivity contribution < 1.29 is 4.79 Å². The number of carbonyl (C=O) groups is 1. The van der Waals surface area contributed by atoms with Gasteiger partial charge in [-0.15, -0.1) is 11.8 Å². The molecule has 0 aliphatic rings. The standard InChI is InChI=1S/C9H9ClOS/c1-7-3-2-4-8(5-7)12-6-9(10)11/h2-5H,6H2,1H3. The Morgan fingerprint density at radius 1 is 1.58 bits per heavy atom. The van der Waals surface area contributed by atoms with E-state index in [2.05, 4.69) is 0 Å². The van der Waals surface area contributed by atoms with E-state index in [1.54, 1.807) is 0 Å². The molecule has 0 aliphatic carbocycles. The number of rotatable bonds is 3. The summed E-state index contributed by atoms with van der Waals surface area (Å²) in [5.74, 6) is 0.338. The van der Waals surface area contributed by atoms with E-state index < -0.39 is 0 Å². The fourth-order valence-electron chi connectivity index (χ4n) is 0.845. The van der Waals surface area contributed by atoms with Crippen LogP contribution < -0.4 is 0 Å². The summed E-state index contributed by atoms with van der Waals surface area (Å²) in [5.41, 5.74) is 1.20. The van der Waals surface area contributed by atoms with E-state index in [1.165, 1.54) is 17.3 Å². The van der Waals surface area contributed by atoms with Gasteiger partial charge in [-0.3, -0.25) is 4.79 Å². The molecule has 0 spiro atoms. The maximum Gasteiger partial charge on any atom is 0.231 e. The van der Waals surface area contributed by atoms with E-state index in [4.69, 9.17) is 11.6 Å². The Hall–Kier alpha value is -0.470. The molecule has 0 aliphatic heterocycles. The van der Waals surface area contributed by atoms with Crippen molar-refractivity contribution in [2.75, 3.05) is 5.75 Å². The van der Waals surface area contributed by atoms with Crippen molar-refractivity contribution in [2.24, 2.45) is 0 Å². The van der Waals surface area contributed by atoms with E-state index in [0.29, 0.717) is 5.75 Å². The van der Waals surface area contributed by atoms with Crippen molar-refractivity contribution in [3.63, 3.8) is 0 Å². The third kappa shape index (κ3) is 3.28. The fraction of sp³-hybridized carbons (Fsp3) is 0.222. The maximum atomic E-state index is 10.4. The second-order valence-corrected chi connectivity index (χ2v) is 3.93. The summed E-state index contributed by atoms with van der Waals surface area (Å²) in [5, 5.41) is -0.304. The van der Waals surface area contributed by atoms with Gasteiger partial charge < -0.3 is 0 Å². The molecular weight excluding hydrogens is 192 g/mol. The molecule has 1 aromatic carbocycles. The van der Waals surface area contributed by atoms with Crippen LogP contribution in [0.25, 0.3) is 0 Å². The third-order valence-corrected chi connectivity index (χ3v) is 2.63. The minimum absolute atomic E-state index is 0.304. The fourth-order valence-corrected chi connectivity index (χ4v) is 1.73. The molecule has 3 heteroatoms. The molecule has 1 rings (SSSR count). The van der Waals surface area contributed by atoms with Gasteiger partial charge in [0.2, 0.25) is 5.24 Å². The van der Waals surface area contributed by atoms with Gasteiger partial charge >= 0.3 is 0 Å². The van der Waals surface area contributed by atoms with Crippen molar-refractivity contribution in [3.05, 3.63) is 29.8 Å². The molecular formula is C9H9ClOS. The molecule has 0 saturated heterocycles. The number of aryl methyl sites for hydroxylation is 1. The van der Waals surface area contributed by atoms with Gasteiger partial charge in [-0.1, -0.05) is 17.7 Å². The predicted molar refractivity (Wildman–Crippen MR) is 52.8 cm³/mol. The smallest absolute Gasteiger partial charge is 0.231 e. The zero-order valence-corrected chi connectivity index (χ0v) is 8.28. The Morgan fingerprint density at radius 2 is 2.33 bits per heavy atom. The number of hydrogen-bond acceptors (Lipinski definition) is 2. The highest BCUT2D eigenvalue weighted by atomic mass is 35.5. The second kappa shape index (κ2) is 4.53. The lowest BCUT2D eigenvalue weighted by Gasteiger charge is -1.98. The third-order valence-electron chi connectivity index (χ3n) is 1.34. The quantitative estimate of drug-likeness (QED) is 0.552. The molecule has 1 nitrogen and oxygen atoms in total. The van der Waals surface area contributed by atoms with Crippen molar-refractivity contribution in [3.8, 4) is 0 Å². The molecule has 0 unspecified atom stereocenters. The van der Waals surface area contributed by atoms with Crippen LogP contribution in [0.4, 0.5) is 0 Å². The first kappa shape index (κ1) is 9.62. The van der Waals surface area contributed by atoms with Crippen molar-refractivity contribution >= 4 is 28.6 Å². The first-order valence-corrected chi connectivity index (χ1v) is 4.92. The van der Waals surface area contributed by atoms with E-state index in [0.717, 1.165) is 4.90 Å². The van der Waals surface area contributed by atoms with Crippen LogP contribution >= 0.6 is 23.4 Å². The molecule has 0 heterocycles. The Kier molecular flexibility index (Phi) is 3.63. The topological polar surface area (TPSA) is 17.1 Å². The van der Waals surface area contributed by atoms with Gasteiger partial charge in [0.25, 0.3) is 0 Å². The van der Waals surface area contributed by atoms with Gasteiger partial charge in [-0.2, -0.15) is 0 Å². The molecule has 0 amide bonds. The minimum atomic E-state index is -0.304. The number of hydrogen-bond donors (Lipinski definition) is 0. The van der Waals surface area contributed by atoms with Crippen LogP contribution in [0, 0.1) is 6.92 Å². The highest BCUT2D eigenvalue weighted by Gasteiger charge is 1.98. The zero-order chi connectivity index (χ0) is 8.97. The molecule has 12 heavy (non-hydrogen) atoms. The maximum absolute atomic E-state index is 10.4. The van der Waals surface area contributed by atoms with Gasteiger partial charge in [0, 0.05) is 4.90 Å². The van der Waals surface area contributed by atoms with E-state index >= 15 is 0 Å². The Labute approximate surface area is 81.1 Å². The summed E-state index contributed by atoms with van der Waals surface area (Å²) in [7, 11) is 0. The minimum Gasteiger partial charge on any atom is -0.280 e. The molecule has 0 fully saturated rings. The SMILES string of the molecule is Cc1cccc(SCC(=O)Cl)c1. The van der Waals surface area contributed by atoms with E-state index in [-0.39, 0.29) is 5.24 Å². The number of halogens is 1. The highest BCUT2D eigenvalue weighted by molar-refractivity contribution is 8.00. The van der Waals surface area contributed by atoms with Crippen LogP contribution in [0.1, 0.15) is 5.56 Å². The summed E-state index contributed by atoms with van der Waals surface area (Å²) >= 11 is 6.67. The van der Waals surface area contributed by atoms with Crippen molar-refractivity contribution in [2.45, 2.75) is 11.8 Å². The average Bonchev–Trinajstić information content (AvgIpc) is 2.01. The lowest BCUT2D eigenvalue weighted by atomic mass is 10.2. The molecule has 0 saturated carbocycles. The Morgan fingerprint density at radius 3 is 2.92 bits per heavy atom. The van der Waals surface area contributed by atoms with E-state index in [9.17, 15) is 4.79 Å². The molecule has 0 bridgehead atoms. The monoisotopic (exact) mass is 200 g/mol. The molecule has 0 radical (unpaired) electrons. The predicted octanol–water partition coefficient (Wildman–Crippen LogP) is 2.85. The van der Waals surface area contributed by atoms with Gasteiger partial charge in [0.15, 0.2) is 0 Å². The lowest BCUT2D eigenvalue weighted by Crippen LogP contribution is -1.88. The Balaban J connectivity index is 2.57. The number of benzene rings is 1. The largest absolute Gasteiger partial charge is 0.280 e. The zero-order valence-electron chi connectivity index (χ0n) is 6.71. The normalized spacial score (nSPS) is 9.83. The van der Waals surface area contributed by atoms with Gasteiger partial charge in [-0.05, 0) is 30.7 Å². The van der Waals surface area contributed by atoms with E-state index in [1.807, 2.05) is 31.2 Å². The first-order valence-electron chi connectivity index (χ1n) is 3.56. The van der Waals surface area contributed by atoms with Crippen LogP contribution in [0.3, 0.4) is 0 Å². The van der Waals surface area contributed by atoms with Crippen LogP contribution in [-0.2, 0) is 4.79 Å². The highest BCUT2D eigenvalue weighted by Crippen LogP contribution is 2.18. The second-order valence-electron chi connectivity index (χ2n) is 2.46. The summed E-state index contributed by atoms with van der Waals surface area (Å²) < 4.78 is 0.